The minimum Gasteiger partial charge on any atom is -0.462 e. The van der Waals surface area contributed by atoms with Crippen LogP contribution in [0.5, 0.6) is 0 Å². The molecule has 0 aromatic heterocycles. The molecule has 0 spiro atoms. The zero-order valence-corrected chi connectivity index (χ0v) is 70.8. The van der Waals surface area contributed by atoms with Gasteiger partial charge in [-0.1, -0.05) is 408 Å². The number of unbranched alkanes of at least 4 members (excludes halogenated alkanes) is 55. The maximum atomic E-state index is 13.1. The summed E-state index contributed by atoms with van der Waals surface area (Å²) in [5.41, 5.74) is 0. The Balaban J connectivity index is 5.21. The van der Waals surface area contributed by atoms with Gasteiger partial charge in [-0.15, -0.1) is 0 Å². The molecule has 0 saturated heterocycles. The third kappa shape index (κ3) is 79.9. The molecule has 5 atom stereocenters. The van der Waals surface area contributed by atoms with E-state index in [0.717, 1.165) is 102 Å². The van der Waals surface area contributed by atoms with Crippen molar-refractivity contribution in [1.82, 2.24) is 0 Å². The van der Waals surface area contributed by atoms with Gasteiger partial charge >= 0.3 is 39.5 Å². The Labute approximate surface area is 645 Å². The lowest BCUT2D eigenvalue weighted by Gasteiger charge is -2.21. The molecule has 3 N–H and O–H groups in total. The minimum atomic E-state index is -4.97. The van der Waals surface area contributed by atoms with Crippen LogP contribution < -0.4 is 0 Å². The Hall–Kier alpha value is -1.94. The lowest BCUT2D eigenvalue weighted by Crippen LogP contribution is -2.30. The van der Waals surface area contributed by atoms with Crippen LogP contribution >= 0.6 is 15.6 Å². The fraction of sp³-hybridized carbons (Fsp3) is 0.953. The molecule has 0 radical (unpaired) electrons. The van der Waals surface area contributed by atoms with Crippen LogP contribution in [0.15, 0.2) is 0 Å². The summed E-state index contributed by atoms with van der Waals surface area (Å²) in [5, 5.41) is 10.7. The number of phosphoric ester groups is 2. The van der Waals surface area contributed by atoms with Crippen LogP contribution in [-0.2, 0) is 65.4 Å². The Morgan fingerprint density at radius 1 is 0.257 bits per heavy atom. The Morgan fingerprint density at radius 2 is 0.438 bits per heavy atom. The highest BCUT2D eigenvalue weighted by atomic mass is 31.2. The fourth-order valence-corrected chi connectivity index (χ4v) is 15.0. The van der Waals surface area contributed by atoms with Crippen molar-refractivity contribution in [2.24, 2.45) is 11.8 Å². The molecule has 624 valence electrons. The molecule has 105 heavy (non-hydrogen) atoms. The molecule has 17 nitrogen and oxygen atoms in total. The van der Waals surface area contributed by atoms with Crippen molar-refractivity contribution in [3.8, 4) is 0 Å². The van der Waals surface area contributed by atoms with E-state index in [0.29, 0.717) is 31.6 Å². The number of esters is 4. The van der Waals surface area contributed by atoms with E-state index < -0.39 is 97.5 Å². The second-order valence-electron chi connectivity index (χ2n) is 31.9. The average Bonchev–Trinajstić information content (AvgIpc) is 0.914. The molecule has 0 aliphatic rings. The summed E-state index contributed by atoms with van der Waals surface area (Å²) in [6, 6.07) is 0. The van der Waals surface area contributed by atoms with Crippen molar-refractivity contribution in [3.05, 3.63) is 0 Å². The summed E-state index contributed by atoms with van der Waals surface area (Å²) < 4.78 is 68.9. The molecule has 0 aliphatic carbocycles. The van der Waals surface area contributed by atoms with Crippen molar-refractivity contribution in [2.75, 3.05) is 39.6 Å². The molecule has 19 heteroatoms. The van der Waals surface area contributed by atoms with Gasteiger partial charge in [-0.3, -0.25) is 37.3 Å². The predicted octanol–water partition coefficient (Wildman–Crippen LogP) is 26.2. The Kier molecular flexibility index (Phi) is 76.0. The van der Waals surface area contributed by atoms with E-state index in [4.69, 9.17) is 37.0 Å². The molecular formula is C86H168O17P2. The number of carbonyl (C=O) groups is 4. The van der Waals surface area contributed by atoms with Crippen LogP contribution in [0.1, 0.15) is 459 Å². The first-order valence-corrected chi connectivity index (χ1v) is 47.5. The maximum absolute atomic E-state index is 13.1. The van der Waals surface area contributed by atoms with Crippen molar-refractivity contribution in [3.63, 3.8) is 0 Å². The van der Waals surface area contributed by atoms with Gasteiger partial charge in [-0.2, -0.15) is 0 Å². The van der Waals surface area contributed by atoms with Crippen LogP contribution in [-0.4, -0.2) is 96.7 Å². The van der Waals surface area contributed by atoms with Crippen LogP contribution in [0.3, 0.4) is 0 Å². The summed E-state index contributed by atoms with van der Waals surface area (Å²) in [6.07, 6.45) is 69.7. The largest absolute Gasteiger partial charge is 0.472 e. The van der Waals surface area contributed by atoms with Crippen molar-refractivity contribution >= 4 is 39.5 Å². The molecular weight excluding hydrogens is 1370 g/mol. The van der Waals surface area contributed by atoms with E-state index in [1.807, 2.05) is 0 Å². The first kappa shape index (κ1) is 103. The minimum absolute atomic E-state index is 0.108. The second-order valence-corrected chi connectivity index (χ2v) is 34.8. The van der Waals surface area contributed by atoms with Gasteiger partial charge in [-0.25, -0.2) is 9.13 Å². The standard InChI is InChI=1S/C86H168O17P2/c1-7-9-11-13-15-17-19-21-23-25-26-27-28-30-34-39-43-47-51-59-64-70-85(90)102-81(74-96-83(88)68-62-56-49-45-41-37-35-31-32-36-40-44-48-54-60-66-78(3)4)76-100-104(92,93)98-72-80(87)73-99-105(94,95)101-77-82(75-97-84(89)69-63-57-53-52-55-61-67-79(5)6)103-86(91)71-65-58-50-46-42-38-33-29-24-22-20-18-16-14-12-10-8-2/h78-82,87H,7-77H2,1-6H3,(H,92,93)(H,94,95)/t80-,81-,82-/m1/s1. The van der Waals surface area contributed by atoms with Crippen LogP contribution in [0.2, 0.25) is 0 Å². The highest BCUT2D eigenvalue weighted by Gasteiger charge is 2.30. The molecule has 0 amide bonds. The second kappa shape index (κ2) is 77.4. The van der Waals surface area contributed by atoms with E-state index in [1.54, 1.807) is 0 Å². The normalized spacial score (nSPS) is 13.8. The van der Waals surface area contributed by atoms with Crippen molar-refractivity contribution in [1.29, 1.82) is 0 Å². The van der Waals surface area contributed by atoms with Gasteiger partial charge < -0.3 is 33.8 Å². The van der Waals surface area contributed by atoms with E-state index in [2.05, 4.69) is 41.5 Å². The number of hydrogen-bond donors (Lipinski definition) is 3. The molecule has 0 fully saturated rings. The number of phosphoric acid groups is 2. The number of hydrogen-bond acceptors (Lipinski definition) is 15. The van der Waals surface area contributed by atoms with Crippen LogP contribution in [0, 0.1) is 11.8 Å². The first-order valence-electron chi connectivity index (χ1n) is 44.5. The molecule has 0 aliphatic heterocycles. The lowest BCUT2D eigenvalue weighted by atomic mass is 10.0. The third-order valence-electron chi connectivity index (χ3n) is 20.2. The molecule has 0 aromatic rings. The van der Waals surface area contributed by atoms with Gasteiger partial charge in [0.25, 0.3) is 0 Å². The molecule has 0 heterocycles. The van der Waals surface area contributed by atoms with Gasteiger partial charge in [0.1, 0.15) is 19.3 Å². The number of carbonyl (C=O) groups excluding carboxylic acids is 4. The van der Waals surface area contributed by atoms with Gasteiger partial charge in [0.2, 0.25) is 0 Å². The topological polar surface area (TPSA) is 237 Å². The average molecular weight is 1540 g/mol. The third-order valence-corrected chi connectivity index (χ3v) is 22.1. The number of ether oxygens (including phenoxy) is 4. The highest BCUT2D eigenvalue weighted by molar-refractivity contribution is 7.47. The van der Waals surface area contributed by atoms with Crippen LogP contribution in [0.25, 0.3) is 0 Å². The predicted molar refractivity (Wildman–Crippen MR) is 432 cm³/mol. The summed E-state index contributed by atoms with van der Waals surface area (Å²) >= 11 is 0. The van der Waals surface area contributed by atoms with E-state index in [1.165, 1.54) is 270 Å². The zero-order chi connectivity index (χ0) is 77.1. The summed E-state index contributed by atoms with van der Waals surface area (Å²) in [5.74, 6) is -0.619. The summed E-state index contributed by atoms with van der Waals surface area (Å²) in [6.45, 7) is 9.62. The summed E-state index contributed by atoms with van der Waals surface area (Å²) in [4.78, 5) is 73.2. The molecule has 0 saturated carbocycles. The van der Waals surface area contributed by atoms with Gasteiger partial charge in [0, 0.05) is 25.7 Å². The Bertz CT molecular complexity index is 2010. The molecule has 0 bridgehead atoms. The van der Waals surface area contributed by atoms with E-state index in [-0.39, 0.29) is 25.7 Å². The zero-order valence-electron chi connectivity index (χ0n) is 69.0. The highest BCUT2D eigenvalue weighted by Crippen LogP contribution is 2.45. The van der Waals surface area contributed by atoms with Gasteiger partial charge in [0.05, 0.1) is 26.4 Å². The van der Waals surface area contributed by atoms with E-state index in [9.17, 15) is 43.2 Å². The SMILES string of the molecule is CCCCCCCCCCCCCCCCCCCCCCCC(=O)O[C@H](COC(=O)CCCCCCCCCCCCCCCCCC(C)C)COP(=O)(O)OC[C@@H](O)COP(=O)(O)OC[C@@H](COC(=O)CCCCCCCCC(C)C)OC(=O)CCCCCCCCCCCCCCCCCCC. The maximum Gasteiger partial charge on any atom is 0.472 e. The van der Waals surface area contributed by atoms with Gasteiger partial charge in [0.15, 0.2) is 12.2 Å². The quantitative estimate of drug-likeness (QED) is 0.0222. The monoisotopic (exact) mass is 1540 g/mol. The molecule has 2 unspecified atom stereocenters. The molecule has 0 aromatic carbocycles. The number of aliphatic hydroxyl groups is 1. The van der Waals surface area contributed by atoms with E-state index >= 15 is 0 Å². The fourth-order valence-electron chi connectivity index (χ4n) is 13.4. The molecule has 0 rings (SSSR count). The van der Waals surface area contributed by atoms with Crippen LogP contribution in [0.4, 0.5) is 0 Å². The lowest BCUT2D eigenvalue weighted by molar-refractivity contribution is -0.161. The number of rotatable bonds is 85. The van der Waals surface area contributed by atoms with Crippen molar-refractivity contribution in [2.45, 2.75) is 477 Å². The van der Waals surface area contributed by atoms with Gasteiger partial charge in [-0.05, 0) is 37.5 Å². The first-order chi connectivity index (χ1) is 50.9. The Morgan fingerprint density at radius 3 is 0.648 bits per heavy atom. The van der Waals surface area contributed by atoms with Crippen molar-refractivity contribution < 1.29 is 80.2 Å². The smallest absolute Gasteiger partial charge is 0.462 e. The number of aliphatic hydroxyl groups excluding tert-OH is 1. The summed E-state index contributed by atoms with van der Waals surface area (Å²) in [7, 11) is -9.93.